The smallest absolute Gasteiger partial charge is 0.234 e. The van der Waals surface area contributed by atoms with Gasteiger partial charge in [0.25, 0.3) is 0 Å². The van der Waals surface area contributed by atoms with Crippen LogP contribution in [-0.4, -0.2) is 34.5 Å². The lowest BCUT2D eigenvalue weighted by atomic mass is 10.2. The van der Waals surface area contributed by atoms with E-state index in [0.29, 0.717) is 17.4 Å². The molecule has 1 fully saturated rings. The van der Waals surface area contributed by atoms with Crippen LogP contribution in [0.15, 0.2) is 34.0 Å². The minimum atomic E-state index is -0.166. The molecule has 1 heterocycles. The zero-order chi connectivity index (χ0) is 20.6. The van der Waals surface area contributed by atoms with Crippen molar-refractivity contribution in [3.63, 3.8) is 0 Å². The number of nitrogens with one attached hydrogen (secondary N) is 3. The molecule has 154 valence electrons. The molecule has 29 heavy (non-hydrogen) atoms. The number of hydrogen-bond acceptors (Lipinski definition) is 6. The Kier molecular flexibility index (Phi) is 7.65. The average molecular weight is 433 g/mol. The van der Waals surface area contributed by atoms with Gasteiger partial charge in [0.05, 0.1) is 17.9 Å². The number of carbonyl (C=O) groups excluding carboxylic acids is 3. The minimum absolute atomic E-state index is 0.00976. The van der Waals surface area contributed by atoms with E-state index in [2.05, 4.69) is 20.9 Å². The molecular formula is C20H24N4O3S2. The molecule has 0 unspecified atom stereocenters. The van der Waals surface area contributed by atoms with E-state index in [0.717, 1.165) is 22.9 Å². The Labute approximate surface area is 178 Å². The summed E-state index contributed by atoms with van der Waals surface area (Å²) in [4.78, 5) is 39.9. The summed E-state index contributed by atoms with van der Waals surface area (Å²) in [7, 11) is 0. The van der Waals surface area contributed by atoms with E-state index < -0.39 is 0 Å². The van der Waals surface area contributed by atoms with Gasteiger partial charge in [-0.1, -0.05) is 30.7 Å². The lowest BCUT2D eigenvalue weighted by Crippen LogP contribution is -2.33. The van der Waals surface area contributed by atoms with Crippen LogP contribution in [0.5, 0.6) is 0 Å². The number of hydrogen-bond donors (Lipinski definition) is 3. The van der Waals surface area contributed by atoms with Crippen molar-refractivity contribution in [1.29, 1.82) is 0 Å². The maximum absolute atomic E-state index is 12.2. The van der Waals surface area contributed by atoms with E-state index in [1.807, 2.05) is 5.38 Å². The highest BCUT2D eigenvalue weighted by atomic mass is 32.2. The quantitative estimate of drug-likeness (QED) is 0.555. The van der Waals surface area contributed by atoms with Gasteiger partial charge in [0.1, 0.15) is 0 Å². The minimum Gasteiger partial charge on any atom is -0.353 e. The van der Waals surface area contributed by atoms with Crippen molar-refractivity contribution in [2.45, 2.75) is 49.4 Å². The Morgan fingerprint density at radius 2 is 1.86 bits per heavy atom. The molecule has 9 heteroatoms. The van der Waals surface area contributed by atoms with Crippen LogP contribution >= 0.6 is 23.1 Å². The van der Waals surface area contributed by atoms with E-state index in [-0.39, 0.29) is 29.9 Å². The van der Waals surface area contributed by atoms with Crippen LogP contribution in [0.1, 0.15) is 38.3 Å². The highest BCUT2D eigenvalue weighted by molar-refractivity contribution is 8.01. The summed E-state index contributed by atoms with van der Waals surface area (Å²) in [6.45, 7) is 1.43. The molecule has 1 aromatic heterocycles. The summed E-state index contributed by atoms with van der Waals surface area (Å²) < 4.78 is 0.760. The number of aromatic nitrogens is 1. The second-order valence-electron chi connectivity index (χ2n) is 6.93. The highest BCUT2D eigenvalue weighted by Crippen LogP contribution is 2.24. The van der Waals surface area contributed by atoms with Crippen LogP contribution in [0.3, 0.4) is 0 Å². The van der Waals surface area contributed by atoms with Gasteiger partial charge in [0.15, 0.2) is 4.34 Å². The lowest BCUT2D eigenvalue weighted by molar-refractivity contribution is -0.121. The summed E-state index contributed by atoms with van der Waals surface area (Å²) in [6.07, 6.45) is 4.76. The SMILES string of the molecule is CC(=O)Nc1cccc(NC(=O)CSc2nc(CC(=O)NC3CCCC3)cs2)c1. The number of thioether (sulfide) groups is 1. The fourth-order valence-corrected chi connectivity index (χ4v) is 4.80. The summed E-state index contributed by atoms with van der Waals surface area (Å²) in [6, 6.07) is 7.29. The largest absolute Gasteiger partial charge is 0.353 e. The van der Waals surface area contributed by atoms with E-state index >= 15 is 0 Å². The van der Waals surface area contributed by atoms with Gasteiger partial charge in [0.2, 0.25) is 17.7 Å². The number of anilines is 2. The number of benzene rings is 1. The van der Waals surface area contributed by atoms with E-state index in [9.17, 15) is 14.4 Å². The maximum Gasteiger partial charge on any atom is 0.234 e. The Bertz CT molecular complexity index is 878. The number of amides is 3. The molecule has 3 rings (SSSR count). The molecule has 2 aromatic rings. The molecule has 1 aliphatic carbocycles. The van der Waals surface area contributed by atoms with Gasteiger partial charge < -0.3 is 16.0 Å². The first-order valence-corrected chi connectivity index (χ1v) is 11.4. The van der Waals surface area contributed by atoms with Gasteiger partial charge in [-0.25, -0.2) is 4.98 Å². The van der Waals surface area contributed by atoms with Crippen LogP contribution in [0, 0.1) is 0 Å². The third kappa shape index (κ3) is 7.17. The number of rotatable bonds is 8. The molecule has 1 saturated carbocycles. The number of thiazole rings is 1. The molecule has 0 radical (unpaired) electrons. The Morgan fingerprint density at radius 1 is 1.14 bits per heavy atom. The molecule has 3 amide bonds. The first-order valence-electron chi connectivity index (χ1n) is 9.52. The Morgan fingerprint density at radius 3 is 2.59 bits per heavy atom. The first-order chi connectivity index (χ1) is 14.0. The van der Waals surface area contributed by atoms with Gasteiger partial charge >= 0.3 is 0 Å². The fraction of sp³-hybridized carbons (Fsp3) is 0.400. The third-order valence-electron chi connectivity index (χ3n) is 4.39. The predicted octanol–water partition coefficient (Wildman–Crippen LogP) is 3.43. The predicted molar refractivity (Wildman–Crippen MR) is 116 cm³/mol. The zero-order valence-electron chi connectivity index (χ0n) is 16.2. The van der Waals surface area contributed by atoms with Crippen LogP contribution in [-0.2, 0) is 20.8 Å². The summed E-state index contributed by atoms with van der Waals surface area (Å²) in [5.41, 5.74) is 1.98. The molecule has 0 bridgehead atoms. The summed E-state index contributed by atoms with van der Waals surface area (Å²) in [5, 5.41) is 10.4. The molecule has 1 aromatic carbocycles. The van der Waals surface area contributed by atoms with Gasteiger partial charge in [0, 0.05) is 29.7 Å². The Balaban J connectivity index is 1.43. The zero-order valence-corrected chi connectivity index (χ0v) is 17.8. The fourth-order valence-electron chi connectivity index (χ4n) is 3.15. The van der Waals surface area contributed by atoms with Gasteiger partial charge in [-0.05, 0) is 31.0 Å². The molecule has 0 spiro atoms. The van der Waals surface area contributed by atoms with Crippen molar-refractivity contribution in [3.05, 3.63) is 35.3 Å². The first kappa shape index (κ1) is 21.3. The van der Waals surface area contributed by atoms with Crippen molar-refractivity contribution < 1.29 is 14.4 Å². The third-order valence-corrected chi connectivity index (χ3v) is 6.46. The van der Waals surface area contributed by atoms with Crippen LogP contribution in [0.25, 0.3) is 0 Å². The molecule has 7 nitrogen and oxygen atoms in total. The molecule has 0 aliphatic heterocycles. The molecule has 0 saturated heterocycles. The van der Waals surface area contributed by atoms with Gasteiger partial charge in [-0.2, -0.15) is 0 Å². The molecule has 1 aliphatic rings. The van der Waals surface area contributed by atoms with Crippen LogP contribution in [0.2, 0.25) is 0 Å². The molecular weight excluding hydrogens is 408 g/mol. The van der Waals surface area contributed by atoms with E-state index in [1.165, 1.54) is 42.9 Å². The normalized spacial score (nSPS) is 13.8. The average Bonchev–Trinajstić information content (AvgIpc) is 3.32. The number of nitrogens with zero attached hydrogens (tertiary/aromatic N) is 1. The van der Waals surface area contributed by atoms with Gasteiger partial charge in [-0.15, -0.1) is 11.3 Å². The maximum atomic E-state index is 12.2. The summed E-state index contributed by atoms with van der Waals surface area (Å²) >= 11 is 2.77. The van der Waals surface area contributed by atoms with Crippen molar-refractivity contribution >= 4 is 52.2 Å². The van der Waals surface area contributed by atoms with E-state index in [4.69, 9.17) is 0 Å². The van der Waals surface area contributed by atoms with Crippen molar-refractivity contribution in [2.75, 3.05) is 16.4 Å². The van der Waals surface area contributed by atoms with Crippen molar-refractivity contribution in [1.82, 2.24) is 10.3 Å². The van der Waals surface area contributed by atoms with Crippen LogP contribution < -0.4 is 16.0 Å². The monoisotopic (exact) mass is 432 g/mol. The highest BCUT2D eigenvalue weighted by Gasteiger charge is 2.18. The van der Waals surface area contributed by atoms with Crippen molar-refractivity contribution in [3.8, 4) is 0 Å². The molecule has 3 N–H and O–H groups in total. The second-order valence-corrected chi connectivity index (χ2v) is 9.01. The van der Waals surface area contributed by atoms with Crippen LogP contribution in [0.4, 0.5) is 11.4 Å². The topological polar surface area (TPSA) is 100 Å². The standard InChI is InChI=1S/C20H24N4O3S2/c1-13(25)21-15-7-4-8-16(9-15)23-19(27)12-29-20-24-17(11-28-20)10-18(26)22-14-5-2-3-6-14/h4,7-9,11,14H,2-3,5-6,10,12H2,1H3,(H,21,25)(H,22,26)(H,23,27). The second kappa shape index (κ2) is 10.4. The van der Waals surface area contributed by atoms with Crippen molar-refractivity contribution in [2.24, 2.45) is 0 Å². The Hall–Kier alpha value is -2.39. The van der Waals surface area contributed by atoms with E-state index in [1.54, 1.807) is 24.3 Å². The van der Waals surface area contributed by atoms with Gasteiger partial charge in [-0.3, -0.25) is 14.4 Å². The lowest BCUT2D eigenvalue weighted by Gasteiger charge is -2.10. The molecule has 0 atom stereocenters. The summed E-state index contributed by atoms with van der Waals surface area (Å²) in [5.74, 6) is -0.104. The number of carbonyl (C=O) groups is 3.